The van der Waals surface area contributed by atoms with Crippen LogP contribution in [0.3, 0.4) is 0 Å². The molecule has 0 saturated carbocycles. The third kappa shape index (κ3) is 1.41. The van der Waals surface area contributed by atoms with Gasteiger partial charge in [0.1, 0.15) is 0 Å². The lowest BCUT2D eigenvalue weighted by Crippen LogP contribution is -2.37. The van der Waals surface area contributed by atoms with Crippen molar-refractivity contribution in [2.24, 2.45) is 0 Å². The summed E-state index contributed by atoms with van der Waals surface area (Å²) >= 11 is 0. The standard InChI is InChI=1S/C9H18N2/c1-5-9-7-8(3)10(4)11(9)6-2/h7-8H,5-6H2,1-4H3. The van der Waals surface area contributed by atoms with Crippen molar-refractivity contribution in [1.82, 2.24) is 10.0 Å². The van der Waals surface area contributed by atoms with Gasteiger partial charge in [-0.15, -0.1) is 0 Å². The van der Waals surface area contributed by atoms with Gasteiger partial charge in [-0.1, -0.05) is 6.92 Å². The number of allylic oxidation sites excluding steroid dienone is 1. The van der Waals surface area contributed by atoms with E-state index in [1.54, 1.807) is 0 Å². The van der Waals surface area contributed by atoms with E-state index in [1.807, 2.05) is 0 Å². The lowest BCUT2D eigenvalue weighted by atomic mass is 10.2. The Morgan fingerprint density at radius 2 is 2.09 bits per heavy atom. The van der Waals surface area contributed by atoms with Gasteiger partial charge in [0.25, 0.3) is 0 Å². The second-order valence-electron chi connectivity index (χ2n) is 3.04. The molecular formula is C9H18N2. The van der Waals surface area contributed by atoms with Gasteiger partial charge in [-0.25, -0.2) is 5.01 Å². The van der Waals surface area contributed by atoms with Crippen LogP contribution in [0.1, 0.15) is 27.2 Å². The molecule has 2 heteroatoms. The summed E-state index contributed by atoms with van der Waals surface area (Å²) in [5.74, 6) is 0. The van der Waals surface area contributed by atoms with E-state index in [2.05, 4.69) is 43.9 Å². The highest BCUT2D eigenvalue weighted by molar-refractivity contribution is 5.09. The van der Waals surface area contributed by atoms with Crippen molar-refractivity contribution in [2.75, 3.05) is 13.6 Å². The summed E-state index contributed by atoms with van der Waals surface area (Å²) in [6.07, 6.45) is 3.48. The maximum absolute atomic E-state index is 2.34. The highest BCUT2D eigenvalue weighted by atomic mass is 15.6. The molecule has 2 nitrogen and oxygen atoms in total. The minimum Gasteiger partial charge on any atom is -0.310 e. The number of nitrogens with zero attached hydrogens (tertiary/aromatic N) is 2. The van der Waals surface area contributed by atoms with E-state index in [-0.39, 0.29) is 0 Å². The molecule has 0 aromatic rings. The molecule has 1 unspecified atom stereocenters. The summed E-state index contributed by atoms with van der Waals surface area (Å²) in [5, 5.41) is 4.63. The molecule has 0 amide bonds. The van der Waals surface area contributed by atoms with Gasteiger partial charge in [-0.05, 0) is 26.3 Å². The van der Waals surface area contributed by atoms with Crippen LogP contribution in [0, 0.1) is 0 Å². The topological polar surface area (TPSA) is 6.48 Å². The molecule has 1 atom stereocenters. The maximum atomic E-state index is 2.34. The van der Waals surface area contributed by atoms with E-state index >= 15 is 0 Å². The van der Waals surface area contributed by atoms with Gasteiger partial charge in [0.05, 0.1) is 0 Å². The first-order valence-corrected chi connectivity index (χ1v) is 4.41. The molecule has 0 spiro atoms. The predicted octanol–water partition coefficient (Wildman–Crippen LogP) is 1.85. The van der Waals surface area contributed by atoms with Crippen LogP contribution in [0.25, 0.3) is 0 Å². The van der Waals surface area contributed by atoms with Gasteiger partial charge in [-0.3, -0.25) is 0 Å². The molecule has 0 fully saturated rings. The SMILES string of the molecule is CCC1=CC(C)N(C)N1CC. The first kappa shape index (κ1) is 8.60. The van der Waals surface area contributed by atoms with Crippen molar-refractivity contribution in [3.8, 4) is 0 Å². The van der Waals surface area contributed by atoms with Crippen molar-refractivity contribution in [3.05, 3.63) is 11.8 Å². The Morgan fingerprint density at radius 3 is 2.45 bits per heavy atom. The van der Waals surface area contributed by atoms with Gasteiger partial charge in [0, 0.05) is 25.3 Å². The highest BCUT2D eigenvalue weighted by Crippen LogP contribution is 2.21. The quantitative estimate of drug-likeness (QED) is 0.599. The van der Waals surface area contributed by atoms with Crippen molar-refractivity contribution < 1.29 is 0 Å². The summed E-state index contributed by atoms with van der Waals surface area (Å²) in [6, 6.07) is 0.574. The Hall–Kier alpha value is -0.500. The average molecular weight is 154 g/mol. The van der Waals surface area contributed by atoms with Crippen LogP contribution in [-0.2, 0) is 0 Å². The lowest BCUT2D eigenvalue weighted by Gasteiger charge is -2.30. The Bertz CT molecular complexity index is 163. The minimum atomic E-state index is 0.574. The molecule has 0 N–H and O–H groups in total. The minimum absolute atomic E-state index is 0.574. The first-order chi connectivity index (χ1) is 5.20. The van der Waals surface area contributed by atoms with Crippen molar-refractivity contribution in [1.29, 1.82) is 0 Å². The fourth-order valence-corrected chi connectivity index (χ4v) is 1.62. The van der Waals surface area contributed by atoms with E-state index in [4.69, 9.17) is 0 Å². The number of hydrazine groups is 1. The van der Waals surface area contributed by atoms with E-state index in [0.717, 1.165) is 13.0 Å². The molecule has 1 aliphatic rings. The fourth-order valence-electron chi connectivity index (χ4n) is 1.62. The molecule has 0 aliphatic carbocycles. The van der Waals surface area contributed by atoms with E-state index in [0.29, 0.717) is 6.04 Å². The van der Waals surface area contributed by atoms with E-state index in [1.165, 1.54) is 5.70 Å². The van der Waals surface area contributed by atoms with E-state index in [9.17, 15) is 0 Å². The van der Waals surface area contributed by atoms with Crippen LogP contribution >= 0.6 is 0 Å². The predicted molar refractivity (Wildman–Crippen MR) is 48.0 cm³/mol. The fraction of sp³-hybridized carbons (Fsp3) is 0.778. The van der Waals surface area contributed by atoms with Crippen molar-refractivity contribution >= 4 is 0 Å². The van der Waals surface area contributed by atoms with Crippen LogP contribution in [0.15, 0.2) is 11.8 Å². The zero-order valence-electron chi connectivity index (χ0n) is 7.96. The van der Waals surface area contributed by atoms with Crippen LogP contribution in [0.2, 0.25) is 0 Å². The normalized spacial score (nSPS) is 26.0. The number of likely N-dealkylation sites (N-methyl/N-ethyl adjacent to an activating group) is 1. The molecular weight excluding hydrogens is 136 g/mol. The Kier molecular flexibility index (Phi) is 2.55. The molecule has 0 radical (unpaired) electrons. The maximum Gasteiger partial charge on any atom is 0.0461 e. The molecule has 0 aromatic heterocycles. The highest BCUT2D eigenvalue weighted by Gasteiger charge is 2.22. The summed E-state index contributed by atoms with van der Waals surface area (Å²) in [7, 11) is 2.15. The summed E-state index contributed by atoms with van der Waals surface area (Å²) < 4.78 is 0. The molecule has 0 saturated heterocycles. The first-order valence-electron chi connectivity index (χ1n) is 4.41. The van der Waals surface area contributed by atoms with Crippen LogP contribution in [0.4, 0.5) is 0 Å². The van der Waals surface area contributed by atoms with Gasteiger partial charge in [0.15, 0.2) is 0 Å². The summed E-state index contributed by atoms with van der Waals surface area (Å²) in [4.78, 5) is 0. The number of hydrogen-bond acceptors (Lipinski definition) is 2. The largest absolute Gasteiger partial charge is 0.310 e. The molecule has 1 heterocycles. The third-order valence-corrected chi connectivity index (χ3v) is 2.40. The van der Waals surface area contributed by atoms with Gasteiger partial charge >= 0.3 is 0 Å². The third-order valence-electron chi connectivity index (χ3n) is 2.40. The van der Waals surface area contributed by atoms with Crippen LogP contribution < -0.4 is 0 Å². The molecule has 0 aromatic carbocycles. The average Bonchev–Trinajstić information content (AvgIpc) is 2.28. The second kappa shape index (κ2) is 3.26. The van der Waals surface area contributed by atoms with Gasteiger partial charge in [0.2, 0.25) is 0 Å². The van der Waals surface area contributed by atoms with Crippen molar-refractivity contribution in [2.45, 2.75) is 33.2 Å². The summed E-state index contributed by atoms with van der Waals surface area (Å²) in [5.41, 5.74) is 1.46. The molecule has 11 heavy (non-hydrogen) atoms. The van der Waals surface area contributed by atoms with Crippen LogP contribution in [-0.4, -0.2) is 29.7 Å². The van der Waals surface area contributed by atoms with Gasteiger partial charge < -0.3 is 5.01 Å². The number of hydrogen-bond donors (Lipinski definition) is 0. The summed E-state index contributed by atoms with van der Waals surface area (Å²) in [6.45, 7) is 7.71. The van der Waals surface area contributed by atoms with Crippen molar-refractivity contribution in [3.63, 3.8) is 0 Å². The lowest BCUT2D eigenvalue weighted by molar-refractivity contribution is 0.0438. The monoisotopic (exact) mass is 154 g/mol. The Morgan fingerprint density at radius 1 is 1.45 bits per heavy atom. The van der Waals surface area contributed by atoms with Crippen LogP contribution in [0.5, 0.6) is 0 Å². The molecule has 64 valence electrons. The number of rotatable bonds is 2. The second-order valence-corrected chi connectivity index (χ2v) is 3.04. The smallest absolute Gasteiger partial charge is 0.0461 e. The molecule has 0 bridgehead atoms. The zero-order valence-corrected chi connectivity index (χ0v) is 7.96. The molecule has 1 aliphatic heterocycles. The molecule has 1 rings (SSSR count). The van der Waals surface area contributed by atoms with E-state index < -0.39 is 0 Å². The Balaban J connectivity index is 2.70. The zero-order chi connectivity index (χ0) is 8.43. The Labute approximate surface area is 69.5 Å². The van der Waals surface area contributed by atoms with Gasteiger partial charge in [-0.2, -0.15) is 0 Å².